The molecule has 0 fully saturated rings. The van der Waals surface area contributed by atoms with Crippen molar-refractivity contribution in [2.75, 3.05) is 6.54 Å². The molecule has 0 aliphatic rings. The molecule has 3 rings (SSSR count). The molecule has 0 aliphatic carbocycles. The van der Waals surface area contributed by atoms with Crippen molar-refractivity contribution in [3.8, 4) is 0 Å². The van der Waals surface area contributed by atoms with Gasteiger partial charge in [0.05, 0.1) is 6.10 Å². The fraction of sp³-hybridized carbons (Fsp3) is 0.280. The van der Waals surface area contributed by atoms with Crippen LogP contribution in [0.2, 0.25) is 5.02 Å². The van der Waals surface area contributed by atoms with Gasteiger partial charge in [-0.05, 0) is 39.8 Å². The largest absolute Gasteiger partial charge is 0.360 e. The standard InChI is InChI=1S/C25H28ClNO/c1-25(2,3)21-13-9-19(10-14-21)24(20-11-15-22(26)16-12-20)28-23(17-27)18-7-5-4-6-8-18/h4-16,23-24H,17,27H2,1-3H3. The molecule has 2 atom stereocenters. The highest BCUT2D eigenvalue weighted by Gasteiger charge is 2.22. The van der Waals surface area contributed by atoms with Gasteiger partial charge in [0.25, 0.3) is 0 Å². The van der Waals surface area contributed by atoms with Gasteiger partial charge in [0.15, 0.2) is 0 Å². The molecule has 0 heterocycles. The van der Waals surface area contributed by atoms with Gasteiger partial charge < -0.3 is 10.5 Å². The molecule has 0 aliphatic heterocycles. The van der Waals surface area contributed by atoms with Gasteiger partial charge in [-0.1, -0.05) is 99.1 Å². The molecule has 0 spiro atoms. The molecule has 0 amide bonds. The Balaban J connectivity index is 1.96. The van der Waals surface area contributed by atoms with E-state index in [1.807, 2.05) is 42.5 Å². The van der Waals surface area contributed by atoms with Crippen LogP contribution in [0, 0.1) is 0 Å². The monoisotopic (exact) mass is 393 g/mol. The molecule has 0 saturated carbocycles. The second-order valence-electron chi connectivity index (χ2n) is 8.07. The summed E-state index contributed by atoms with van der Waals surface area (Å²) in [5.41, 5.74) is 10.7. The molecule has 3 aromatic carbocycles. The van der Waals surface area contributed by atoms with Gasteiger partial charge in [-0.2, -0.15) is 0 Å². The minimum absolute atomic E-state index is 0.110. The Kier molecular flexibility index (Phi) is 6.56. The number of ether oxygens (including phenoxy) is 1. The van der Waals surface area contributed by atoms with Crippen molar-refractivity contribution in [3.05, 3.63) is 106 Å². The molecule has 2 nitrogen and oxygen atoms in total. The van der Waals surface area contributed by atoms with Crippen molar-refractivity contribution >= 4 is 11.6 Å². The molecular weight excluding hydrogens is 366 g/mol. The van der Waals surface area contributed by atoms with Crippen molar-refractivity contribution < 1.29 is 4.74 Å². The van der Waals surface area contributed by atoms with Crippen LogP contribution in [0.3, 0.4) is 0 Å². The van der Waals surface area contributed by atoms with E-state index in [1.54, 1.807) is 0 Å². The first-order chi connectivity index (χ1) is 13.4. The van der Waals surface area contributed by atoms with Gasteiger partial charge in [-0.15, -0.1) is 0 Å². The summed E-state index contributed by atoms with van der Waals surface area (Å²) in [5.74, 6) is 0. The van der Waals surface area contributed by atoms with Crippen LogP contribution in [0.15, 0.2) is 78.9 Å². The lowest BCUT2D eigenvalue weighted by Crippen LogP contribution is -2.19. The maximum absolute atomic E-state index is 6.56. The molecule has 146 valence electrons. The van der Waals surface area contributed by atoms with Crippen molar-refractivity contribution in [2.45, 2.75) is 38.4 Å². The number of nitrogens with two attached hydrogens (primary N) is 1. The minimum Gasteiger partial charge on any atom is -0.360 e. The van der Waals surface area contributed by atoms with Crippen LogP contribution in [0.4, 0.5) is 0 Å². The van der Waals surface area contributed by atoms with E-state index in [0.29, 0.717) is 11.6 Å². The van der Waals surface area contributed by atoms with Gasteiger partial charge in [-0.3, -0.25) is 0 Å². The van der Waals surface area contributed by atoms with Crippen LogP contribution in [-0.2, 0) is 10.2 Å². The Morgan fingerprint density at radius 1 is 0.786 bits per heavy atom. The Hall–Kier alpha value is -2.13. The zero-order chi connectivity index (χ0) is 20.1. The summed E-state index contributed by atoms with van der Waals surface area (Å²) in [6.07, 6.45) is -0.413. The first-order valence-corrected chi connectivity index (χ1v) is 10.0. The molecular formula is C25H28ClNO. The number of hydrogen-bond donors (Lipinski definition) is 1. The Morgan fingerprint density at radius 2 is 1.32 bits per heavy atom. The van der Waals surface area contributed by atoms with Crippen molar-refractivity contribution in [1.82, 2.24) is 0 Å². The van der Waals surface area contributed by atoms with E-state index >= 15 is 0 Å². The van der Waals surface area contributed by atoms with Gasteiger partial charge in [0.2, 0.25) is 0 Å². The van der Waals surface area contributed by atoms with Crippen molar-refractivity contribution in [3.63, 3.8) is 0 Å². The molecule has 28 heavy (non-hydrogen) atoms. The molecule has 0 radical (unpaired) electrons. The first kappa shape index (κ1) is 20.6. The topological polar surface area (TPSA) is 35.2 Å². The Morgan fingerprint density at radius 3 is 1.82 bits per heavy atom. The van der Waals surface area contributed by atoms with E-state index in [1.165, 1.54) is 5.56 Å². The normalized spacial score (nSPS) is 13.9. The summed E-state index contributed by atoms with van der Waals surface area (Å²) in [6.45, 7) is 7.06. The van der Waals surface area contributed by atoms with E-state index in [9.17, 15) is 0 Å². The van der Waals surface area contributed by atoms with E-state index in [0.717, 1.165) is 16.7 Å². The van der Waals surface area contributed by atoms with Crippen LogP contribution in [0.5, 0.6) is 0 Å². The lowest BCUT2D eigenvalue weighted by atomic mass is 9.86. The van der Waals surface area contributed by atoms with Crippen LogP contribution in [0.25, 0.3) is 0 Å². The lowest BCUT2D eigenvalue weighted by Gasteiger charge is -2.26. The van der Waals surface area contributed by atoms with Gasteiger partial charge >= 0.3 is 0 Å². The summed E-state index contributed by atoms with van der Waals surface area (Å²) < 4.78 is 6.56. The van der Waals surface area contributed by atoms with E-state index < -0.39 is 0 Å². The van der Waals surface area contributed by atoms with Gasteiger partial charge in [0.1, 0.15) is 6.10 Å². The lowest BCUT2D eigenvalue weighted by molar-refractivity contribution is 0.0121. The molecule has 0 saturated heterocycles. The summed E-state index contributed by atoms with van der Waals surface area (Å²) in [7, 11) is 0. The summed E-state index contributed by atoms with van der Waals surface area (Å²) in [4.78, 5) is 0. The SMILES string of the molecule is CC(C)(C)c1ccc(C(OC(CN)c2ccccc2)c2ccc(Cl)cc2)cc1. The van der Waals surface area contributed by atoms with Gasteiger partial charge in [0, 0.05) is 11.6 Å². The molecule has 2 N–H and O–H groups in total. The predicted molar refractivity (Wildman–Crippen MR) is 118 cm³/mol. The zero-order valence-electron chi connectivity index (χ0n) is 16.7. The van der Waals surface area contributed by atoms with Crippen LogP contribution >= 0.6 is 11.6 Å². The molecule has 2 unspecified atom stereocenters. The average Bonchev–Trinajstić information content (AvgIpc) is 2.70. The van der Waals surface area contributed by atoms with E-state index in [2.05, 4.69) is 57.2 Å². The van der Waals surface area contributed by atoms with Crippen molar-refractivity contribution in [2.24, 2.45) is 5.73 Å². The highest BCUT2D eigenvalue weighted by Crippen LogP contribution is 2.33. The predicted octanol–water partition coefficient (Wildman–Crippen LogP) is 6.44. The highest BCUT2D eigenvalue weighted by atomic mass is 35.5. The molecule has 3 heteroatoms. The third-order valence-electron chi connectivity index (χ3n) is 4.94. The van der Waals surface area contributed by atoms with E-state index in [-0.39, 0.29) is 17.6 Å². The average molecular weight is 394 g/mol. The van der Waals surface area contributed by atoms with Crippen molar-refractivity contribution in [1.29, 1.82) is 0 Å². The minimum atomic E-state index is -0.222. The second-order valence-corrected chi connectivity index (χ2v) is 8.51. The number of halogens is 1. The second kappa shape index (κ2) is 8.91. The molecule has 0 bridgehead atoms. The smallest absolute Gasteiger partial charge is 0.108 e. The Labute approximate surface area is 173 Å². The van der Waals surface area contributed by atoms with E-state index in [4.69, 9.17) is 22.1 Å². The van der Waals surface area contributed by atoms with Crippen LogP contribution in [0.1, 0.15) is 55.2 Å². The summed E-state index contributed by atoms with van der Waals surface area (Å²) in [6, 6.07) is 26.6. The quantitative estimate of drug-likeness (QED) is 0.522. The fourth-order valence-electron chi connectivity index (χ4n) is 3.25. The molecule has 3 aromatic rings. The summed E-state index contributed by atoms with van der Waals surface area (Å²) >= 11 is 6.10. The number of hydrogen-bond acceptors (Lipinski definition) is 2. The first-order valence-electron chi connectivity index (χ1n) is 9.65. The van der Waals surface area contributed by atoms with Crippen LogP contribution < -0.4 is 5.73 Å². The maximum atomic E-state index is 6.56. The third-order valence-corrected chi connectivity index (χ3v) is 5.19. The van der Waals surface area contributed by atoms with Crippen LogP contribution in [-0.4, -0.2) is 6.54 Å². The van der Waals surface area contributed by atoms with Gasteiger partial charge in [-0.25, -0.2) is 0 Å². The summed E-state index contributed by atoms with van der Waals surface area (Å²) in [5, 5.41) is 0.712. The number of rotatable bonds is 6. The maximum Gasteiger partial charge on any atom is 0.108 e. The number of benzene rings is 3. The zero-order valence-corrected chi connectivity index (χ0v) is 17.5. The fourth-order valence-corrected chi connectivity index (χ4v) is 3.37. The highest BCUT2D eigenvalue weighted by molar-refractivity contribution is 6.30. The molecule has 0 aromatic heterocycles. The Bertz CT molecular complexity index is 867. The third kappa shape index (κ3) is 5.02.